The molecule has 0 aliphatic heterocycles. The topological polar surface area (TPSA) is 117 Å². The average molecular weight is 550 g/mol. The number of aliphatic hydroxyl groups is 1. The van der Waals surface area contributed by atoms with Crippen LogP contribution in [0, 0.1) is 0 Å². The Hall–Kier alpha value is -2.47. The van der Waals surface area contributed by atoms with Gasteiger partial charge in [0.15, 0.2) is 0 Å². The summed E-state index contributed by atoms with van der Waals surface area (Å²) in [4.78, 5) is 11.3. The fraction of sp³-hybridized carbons (Fsp3) is 0.391. The number of hydrogen-bond acceptors (Lipinski definition) is 6. The third kappa shape index (κ3) is 5.12. The molecule has 1 aromatic heterocycles. The highest BCUT2D eigenvalue weighted by atomic mass is 79.9. The van der Waals surface area contributed by atoms with E-state index in [0.717, 1.165) is 40.2 Å². The van der Waals surface area contributed by atoms with Gasteiger partial charge in [-0.1, -0.05) is 15.9 Å². The number of carbonyl (C=O) groups excluding carboxylic acids is 1. The summed E-state index contributed by atoms with van der Waals surface area (Å²) in [5.41, 5.74) is 3.38. The molecule has 3 aromatic rings. The smallest absolute Gasteiger partial charge is 0.232 e. The Balaban J connectivity index is 1.91. The summed E-state index contributed by atoms with van der Waals surface area (Å²) in [6, 6.07) is 11.3. The number of hydrogen-bond donors (Lipinski definition) is 3. The number of benzene rings is 2. The van der Waals surface area contributed by atoms with Crippen molar-refractivity contribution in [3.05, 3.63) is 52.1 Å². The minimum atomic E-state index is -3.61. The molecule has 0 spiro atoms. The van der Waals surface area contributed by atoms with Crippen LogP contribution in [0.2, 0.25) is 0 Å². The van der Waals surface area contributed by atoms with Gasteiger partial charge in [0.2, 0.25) is 15.9 Å². The second-order valence-corrected chi connectivity index (χ2v) is 11.3. The molecule has 182 valence electrons. The zero-order valence-electron chi connectivity index (χ0n) is 19.2. The van der Waals surface area contributed by atoms with Crippen molar-refractivity contribution in [1.29, 1.82) is 0 Å². The number of nitrogens with zero attached hydrogens (tertiary/aromatic N) is 3. The van der Waals surface area contributed by atoms with Crippen molar-refractivity contribution in [2.75, 3.05) is 30.7 Å². The van der Waals surface area contributed by atoms with E-state index in [9.17, 15) is 18.3 Å². The first-order chi connectivity index (χ1) is 16.1. The lowest BCUT2D eigenvalue weighted by Gasteiger charge is -2.25. The molecule has 3 N–H and O–H groups in total. The zero-order valence-corrected chi connectivity index (χ0v) is 21.6. The number of rotatable bonds is 9. The third-order valence-corrected chi connectivity index (χ3v) is 7.54. The molecule has 11 heteroatoms. The molecule has 0 bridgehead atoms. The molecular weight excluding hydrogens is 522 g/mol. The van der Waals surface area contributed by atoms with Gasteiger partial charge in [-0.2, -0.15) is 5.10 Å². The summed E-state index contributed by atoms with van der Waals surface area (Å²) in [6.45, 7) is 1.71. The first kappa shape index (κ1) is 24.6. The van der Waals surface area contributed by atoms with E-state index in [1.807, 2.05) is 30.3 Å². The van der Waals surface area contributed by atoms with Gasteiger partial charge in [-0.05, 0) is 67.8 Å². The van der Waals surface area contributed by atoms with Crippen LogP contribution in [0.1, 0.15) is 43.2 Å². The molecule has 2 aromatic carbocycles. The van der Waals surface area contributed by atoms with Gasteiger partial charge in [0, 0.05) is 23.3 Å². The van der Waals surface area contributed by atoms with Gasteiger partial charge in [-0.25, -0.2) is 13.1 Å². The molecule has 0 saturated heterocycles. The monoisotopic (exact) mass is 549 g/mol. The van der Waals surface area contributed by atoms with Gasteiger partial charge in [-0.15, -0.1) is 0 Å². The van der Waals surface area contributed by atoms with Crippen LogP contribution in [-0.2, 0) is 14.8 Å². The summed E-state index contributed by atoms with van der Waals surface area (Å²) >= 11 is 3.44. The van der Waals surface area contributed by atoms with E-state index in [0.29, 0.717) is 16.9 Å². The van der Waals surface area contributed by atoms with Crippen molar-refractivity contribution in [1.82, 2.24) is 20.4 Å². The molecule has 1 atom stereocenters. The first-order valence-electron chi connectivity index (χ1n) is 11.0. The van der Waals surface area contributed by atoms with E-state index in [1.165, 1.54) is 11.2 Å². The van der Waals surface area contributed by atoms with Crippen molar-refractivity contribution in [3.63, 3.8) is 0 Å². The van der Waals surface area contributed by atoms with E-state index in [-0.39, 0.29) is 24.9 Å². The average Bonchev–Trinajstić information content (AvgIpc) is 3.55. The number of halogens is 1. The lowest BCUT2D eigenvalue weighted by Crippen LogP contribution is -2.38. The standard InChI is InChI=1S/C23H28BrN5O4S/c1-14(30)26-10-11-28(34(3,32)33)21-13-20-19(12-18(21)15-4-5-15)22(23(31)25-2)29(27-20)17-8-6-16(24)7-9-17/h6-9,12-13,15,23,25,31H,4-5,10-11H2,1-3H3,(H,26,30). The molecule has 34 heavy (non-hydrogen) atoms. The summed E-state index contributed by atoms with van der Waals surface area (Å²) < 4.78 is 29.4. The van der Waals surface area contributed by atoms with Crippen molar-refractivity contribution < 1.29 is 18.3 Å². The minimum Gasteiger partial charge on any atom is -0.373 e. The third-order valence-electron chi connectivity index (χ3n) is 5.84. The lowest BCUT2D eigenvalue weighted by atomic mass is 10.0. The number of fused-ring (bicyclic) bond motifs is 1. The van der Waals surface area contributed by atoms with Crippen LogP contribution in [0.5, 0.6) is 0 Å². The van der Waals surface area contributed by atoms with Gasteiger partial charge in [0.25, 0.3) is 0 Å². The largest absolute Gasteiger partial charge is 0.373 e. The Kier molecular flexibility index (Phi) is 6.99. The van der Waals surface area contributed by atoms with Crippen molar-refractivity contribution >= 4 is 48.5 Å². The summed E-state index contributed by atoms with van der Waals surface area (Å²) in [5, 5.41) is 21.9. The summed E-state index contributed by atoms with van der Waals surface area (Å²) in [5.74, 6) is 0.0188. The second kappa shape index (κ2) is 9.65. The van der Waals surface area contributed by atoms with E-state index < -0.39 is 16.3 Å². The maximum atomic E-state index is 12.8. The number of aliphatic hydroxyl groups excluding tert-OH is 1. The molecule has 4 rings (SSSR count). The van der Waals surface area contributed by atoms with Crippen LogP contribution in [0.25, 0.3) is 16.6 Å². The van der Waals surface area contributed by atoms with Gasteiger partial charge >= 0.3 is 0 Å². The Morgan fingerprint density at radius 3 is 2.53 bits per heavy atom. The number of carbonyl (C=O) groups is 1. The van der Waals surface area contributed by atoms with Gasteiger partial charge in [0.1, 0.15) is 6.23 Å². The number of anilines is 1. The molecule has 1 amide bonds. The number of aromatic nitrogens is 2. The van der Waals surface area contributed by atoms with E-state index in [1.54, 1.807) is 17.8 Å². The number of nitrogens with one attached hydrogen (secondary N) is 2. The fourth-order valence-electron chi connectivity index (χ4n) is 4.07. The normalized spacial score (nSPS) is 14.9. The van der Waals surface area contributed by atoms with Crippen LogP contribution in [0.3, 0.4) is 0 Å². The molecule has 0 radical (unpaired) electrons. The molecule has 1 unspecified atom stereocenters. The highest BCUT2D eigenvalue weighted by molar-refractivity contribution is 9.10. The lowest BCUT2D eigenvalue weighted by molar-refractivity contribution is -0.118. The first-order valence-corrected chi connectivity index (χ1v) is 13.6. The van der Waals surface area contributed by atoms with Crippen molar-refractivity contribution in [2.24, 2.45) is 0 Å². The second-order valence-electron chi connectivity index (χ2n) is 8.49. The number of sulfonamides is 1. The number of amides is 1. The van der Waals surface area contributed by atoms with E-state index >= 15 is 0 Å². The Labute approximate surface area is 207 Å². The van der Waals surface area contributed by atoms with Crippen LogP contribution in [0.4, 0.5) is 5.69 Å². The van der Waals surface area contributed by atoms with Crippen LogP contribution in [-0.4, -0.2) is 55.6 Å². The molecule has 1 aliphatic rings. The summed E-state index contributed by atoms with van der Waals surface area (Å²) in [7, 11) is -1.95. The SMILES string of the molecule is CNC(O)c1c2cc(C3CC3)c(N(CCNC(C)=O)S(C)(=O)=O)cc2nn1-c1ccc(Br)cc1. The summed E-state index contributed by atoms with van der Waals surface area (Å²) in [6.07, 6.45) is 2.12. The van der Waals surface area contributed by atoms with E-state index in [2.05, 4.69) is 26.6 Å². The molecule has 1 saturated carbocycles. The predicted molar refractivity (Wildman–Crippen MR) is 136 cm³/mol. The zero-order chi connectivity index (χ0) is 24.6. The van der Waals surface area contributed by atoms with Crippen LogP contribution >= 0.6 is 15.9 Å². The Morgan fingerprint density at radius 1 is 1.29 bits per heavy atom. The molecule has 1 heterocycles. The Morgan fingerprint density at radius 2 is 1.97 bits per heavy atom. The molecule has 9 nitrogen and oxygen atoms in total. The molecular formula is C23H28BrN5O4S. The quantitative estimate of drug-likeness (QED) is 0.353. The van der Waals surface area contributed by atoms with Crippen LogP contribution in [0.15, 0.2) is 40.9 Å². The van der Waals surface area contributed by atoms with Crippen molar-refractivity contribution in [2.45, 2.75) is 31.9 Å². The van der Waals surface area contributed by atoms with Gasteiger partial charge in [-0.3, -0.25) is 14.4 Å². The fourth-order valence-corrected chi connectivity index (χ4v) is 5.27. The highest BCUT2D eigenvalue weighted by Crippen LogP contribution is 2.47. The Bertz CT molecular complexity index is 1320. The molecule has 1 fully saturated rings. The maximum absolute atomic E-state index is 12.8. The minimum absolute atomic E-state index is 0.114. The predicted octanol–water partition coefficient (Wildman–Crippen LogP) is 2.78. The van der Waals surface area contributed by atoms with E-state index in [4.69, 9.17) is 5.10 Å². The highest BCUT2D eigenvalue weighted by Gasteiger charge is 2.32. The van der Waals surface area contributed by atoms with Gasteiger partial charge in [0.05, 0.1) is 35.4 Å². The van der Waals surface area contributed by atoms with Gasteiger partial charge < -0.3 is 10.4 Å². The van der Waals surface area contributed by atoms with Crippen molar-refractivity contribution in [3.8, 4) is 5.69 Å². The maximum Gasteiger partial charge on any atom is 0.232 e. The van der Waals surface area contributed by atoms with Crippen LogP contribution < -0.4 is 14.9 Å². The molecule has 1 aliphatic carbocycles.